The second-order valence-corrected chi connectivity index (χ2v) is 11.1. The smallest absolute Gasteiger partial charge is 0.231 e. The number of nitrogens with zero attached hydrogens (tertiary/aromatic N) is 6. The molecule has 0 saturated carbocycles. The van der Waals surface area contributed by atoms with Crippen LogP contribution in [0.15, 0.2) is 66.9 Å². The number of pyridine rings is 1. The van der Waals surface area contributed by atoms with Crippen LogP contribution < -0.4 is 9.21 Å². The fourth-order valence-electron chi connectivity index (χ4n) is 4.36. The Labute approximate surface area is 206 Å². The van der Waals surface area contributed by atoms with Gasteiger partial charge >= 0.3 is 0 Å². The minimum atomic E-state index is -3.30. The lowest BCUT2D eigenvalue weighted by Crippen LogP contribution is -2.44. The number of sulfonamides is 1. The van der Waals surface area contributed by atoms with Crippen LogP contribution in [-0.4, -0.2) is 74.4 Å². The largest absolute Gasteiger partial charge is 0.369 e. The summed E-state index contributed by atoms with van der Waals surface area (Å²) >= 11 is 0. The Bertz CT molecular complexity index is 1420. The maximum atomic E-state index is 11.8. The first-order valence-corrected chi connectivity index (χ1v) is 13.5. The number of rotatable bonds is 6. The van der Waals surface area contributed by atoms with Crippen molar-refractivity contribution in [3.05, 3.63) is 78.2 Å². The van der Waals surface area contributed by atoms with Gasteiger partial charge in [0, 0.05) is 57.1 Å². The van der Waals surface area contributed by atoms with Gasteiger partial charge in [0.15, 0.2) is 11.5 Å². The number of piperazine rings is 1. The molecule has 1 saturated heterocycles. The SMILES string of the molecule is CN1CCN(c2ccc(Cc3nc4c(-c5ccc(N(C)S(C)(=O)=O)cc5)cccn4n3)cc2)CC1. The molecule has 1 aliphatic rings. The van der Waals surface area contributed by atoms with Crippen LogP contribution in [0.25, 0.3) is 16.8 Å². The molecular formula is C26H30N6O2S. The van der Waals surface area contributed by atoms with E-state index in [1.54, 1.807) is 23.7 Å². The Morgan fingerprint density at radius 2 is 1.63 bits per heavy atom. The van der Waals surface area contributed by atoms with Crippen LogP contribution in [-0.2, 0) is 16.4 Å². The standard InChI is InChI=1S/C26H30N6O2S/c1-29-15-17-31(18-16-29)23-10-6-20(7-11-23)19-25-27-26-24(5-4-14-32(26)28-25)21-8-12-22(13-9-21)30(2)35(3,33)34/h4-14H,15-19H2,1-3H3. The Balaban J connectivity index is 1.35. The van der Waals surface area contributed by atoms with E-state index in [0.29, 0.717) is 12.1 Å². The van der Waals surface area contributed by atoms with Gasteiger partial charge in [0.1, 0.15) is 0 Å². The summed E-state index contributed by atoms with van der Waals surface area (Å²) in [7, 11) is 0.413. The van der Waals surface area contributed by atoms with Gasteiger partial charge in [0.25, 0.3) is 0 Å². The van der Waals surface area contributed by atoms with Crippen LogP contribution >= 0.6 is 0 Å². The fraction of sp³-hybridized carbons (Fsp3) is 0.308. The molecule has 2 aromatic heterocycles. The quantitative estimate of drug-likeness (QED) is 0.414. The van der Waals surface area contributed by atoms with Crippen molar-refractivity contribution < 1.29 is 8.42 Å². The minimum Gasteiger partial charge on any atom is -0.369 e. The molecular weight excluding hydrogens is 460 g/mol. The van der Waals surface area contributed by atoms with E-state index in [-0.39, 0.29) is 0 Å². The number of anilines is 2. The Morgan fingerprint density at radius 1 is 0.943 bits per heavy atom. The highest BCUT2D eigenvalue weighted by Gasteiger charge is 2.16. The molecule has 0 bridgehead atoms. The molecule has 0 amide bonds. The summed E-state index contributed by atoms with van der Waals surface area (Å²) in [6.07, 6.45) is 3.75. The van der Waals surface area contributed by atoms with Gasteiger partial charge in [0.05, 0.1) is 11.9 Å². The lowest BCUT2D eigenvalue weighted by Gasteiger charge is -2.34. The zero-order chi connectivity index (χ0) is 24.6. The summed E-state index contributed by atoms with van der Waals surface area (Å²) in [5, 5.41) is 4.69. The second kappa shape index (κ2) is 9.31. The monoisotopic (exact) mass is 490 g/mol. The fourth-order valence-corrected chi connectivity index (χ4v) is 4.87. The molecule has 0 atom stereocenters. The van der Waals surface area contributed by atoms with E-state index in [1.165, 1.54) is 21.8 Å². The first-order valence-electron chi connectivity index (χ1n) is 11.7. The van der Waals surface area contributed by atoms with Crippen LogP contribution in [0.5, 0.6) is 0 Å². The van der Waals surface area contributed by atoms with Crippen molar-refractivity contribution >= 4 is 27.0 Å². The van der Waals surface area contributed by atoms with Crippen molar-refractivity contribution in [1.82, 2.24) is 19.5 Å². The van der Waals surface area contributed by atoms with Gasteiger partial charge in [0.2, 0.25) is 10.0 Å². The molecule has 2 aromatic carbocycles. The normalized spacial score (nSPS) is 15.0. The molecule has 0 radical (unpaired) electrons. The van der Waals surface area contributed by atoms with Crippen LogP contribution in [0.2, 0.25) is 0 Å². The van der Waals surface area contributed by atoms with Gasteiger partial charge in [-0.05, 0) is 54.6 Å². The molecule has 182 valence electrons. The minimum absolute atomic E-state index is 0.616. The molecule has 3 heterocycles. The third kappa shape index (κ3) is 5.01. The first kappa shape index (κ1) is 23.3. The van der Waals surface area contributed by atoms with Crippen LogP contribution in [0.3, 0.4) is 0 Å². The predicted octanol–water partition coefficient (Wildman–Crippen LogP) is 3.13. The topological polar surface area (TPSA) is 74.0 Å². The van der Waals surface area contributed by atoms with Crippen molar-refractivity contribution in [1.29, 1.82) is 0 Å². The number of aromatic nitrogens is 3. The van der Waals surface area contributed by atoms with E-state index < -0.39 is 10.0 Å². The maximum absolute atomic E-state index is 11.8. The van der Waals surface area contributed by atoms with Crippen molar-refractivity contribution in [3.8, 4) is 11.1 Å². The molecule has 1 fully saturated rings. The molecule has 0 unspecified atom stereocenters. The van der Waals surface area contributed by atoms with Gasteiger partial charge in [-0.2, -0.15) is 5.10 Å². The summed E-state index contributed by atoms with van der Waals surface area (Å²) in [6, 6.07) is 20.1. The zero-order valence-electron chi connectivity index (χ0n) is 20.3. The van der Waals surface area contributed by atoms with Crippen molar-refractivity contribution in [2.24, 2.45) is 0 Å². The van der Waals surface area contributed by atoms with Crippen LogP contribution in [0.1, 0.15) is 11.4 Å². The molecule has 0 aliphatic carbocycles. The van der Waals surface area contributed by atoms with E-state index in [2.05, 4.69) is 41.1 Å². The Hall–Kier alpha value is -3.43. The van der Waals surface area contributed by atoms with Gasteiger partial charge in [-0.3, -0.25) is 4.31 Å². The lowest BCUT2D eigenvalue weighted by atomic mass is 10.1. The van der Waals surface area contributed by atoms with Crippen LogP contribution in [0.4, 0.5) is 11.4 Å². The molecule has 0 spiro atoms. The summed E-state index contributed by atoms with van der Waals surface area (Å²) in [5.74, 6) is 0.762. The number of hydrogen-bond acceptors (Lipinski definition) is 6. The molecule has 9 heteroatoms. The number of likely N-dealkylation sites (N-methyl/N-ethyl adjacent to an activating group) is 1. The van der Waals surface area contributed by atoms with Crippen molar-refractivity contribution in [3.63, 3.8) is 0 Å². The summed E-state index contributed by atoms with van der Waals surface area (Å²) < 4.78 is 26.7. The number of benzene rings is 2. The van der Waals surface area contributed by atoms with E-state index in [9.17, 15) is 8.42 Å². The molecule has 35 heavy (non-hydrogen) atoms. The van der Waals surface area contributed by atoms with Gasteiger partial charge in [-0.1, -0.05) is 24.3 Å². The molecule has 8 nitrogen and oxygen atoms in total. The third-order valence-electron chi connectivity index (χ3n) is 6.61. The predicted molar refractivity (Wildman–Crippen MR) is 141 cm³/mol. The third-order valence-corrected chi connectivity index (χ3v) is 7.82. The van der Waals surface area contributed by atoms with Gasteiger partial charge < -0.3 is 9.80 Å². The number of hydrogen-bond donors (Lipinski definition) is 0. The van der Waals surface area contributed by atoms with Crippen molar-refractivity contribution in [2.75, 3.05) is 55.7 Å². The van der Waals surface area contributed by atoms with Gasteiger partial charge in [-0.15, -0.1) is 0 Å². The van der Waals surface area contributed by atoms with Crippen molar-refractivity contribution in [2.45, 2.75) is 6.42 Å². The van der Waals surface area contributed by atoms with E-state index >= 15 is 0 Å². The second-order valence-electron chi connectivity index (χ2n) is 9.13. The van der Waals surface area contributed by atoms with Gasteiger partial charge in [-0.25, -0.2) is 17.9 Å². The maximum Gasteiger partial charge on any atom is 0.231 e. The molecule has 5 rings (SSSR count). The Kier molecular flexibility index (Phi) is 6.21. The number of fused-ring (bicyclic) bond motifs is 1. The summed E-state index contributed by atoms with van der Waals surface area (Å²) in [5.41, 5.74) is 5.73. The zero-order valence-corrected chi connectivity index (χ0v) is 21.1. The van der Waals surface area contributed by atoms with E-state index in [1.807, 2.05) is 30.5 Å². The first-order chi connectivity index (χ1) is 16.8. The average Bonchev–Trinajstić information content (AvgIpc) is 3.27. The highest BCUT2D eigenvalue weighted by molar-refractivity contribution is 7.92. The average molecular weight is 491 g/mol. The Morgan fingerprint density at radius 3 is 2.29 bits per heavy atom. The molecule has 4 aromatic rings. The summed E-state index contributed by atoms with van der Waals surface area (Å²) in [4.78, 5) is 9.62. The molecule has 0 N–H and O–H groups in total. The lowest BCUT2D eigenvalue weighted by molar-refractivity contribution is 0.313. The summed E-state index contributed by atoms with van der Waals surface area (Å²) in [6.45, 7) is 4.29. The highest BCUT2D eigenvalue weighted by Crippen LogP contribution is 2.27. The van der Waals surface area contributed by atoms with Crippen LogP contribution in [0, 0.1) is 0 Å². The van der Waals surface area contributed by atoms with E-state index in [0.717, 1.165) is 48.8 Å². The van der Waals surface area contributed by atoms with E-state index in [4.69, 9.17) is 10.1 Å². The highest BCUT2D eigenvalue weighted by atomic mass is 32.2. The molecule has 1 aliphatic heterocycles.